The zero-order chi connectivity index (χ0) is 33.2. The van der Waals surface area contributed by atoms with Crippen molar-refractivity contribution in [2.24, 2.45) is 5.73 Å². The van der Waals surface area contributed by atoms with Crippen LogP contribution in [0.1, 0.15) is 52.9 Å². The Balaban J connectivity index is 1.44. The van der Waals surface area contributed by atoms with Crippen molar-refractivity contribution in [3.63, 3.8) is 0 Å². The maximum absolute atomic E-state index is 13.7. The number of carbonyl (C=O) groups excluding carboxylic acids is 4. The van der Waals surface area contributed by atoms with Crippen molar-refractivity contribution in [3.05, 3.63) is 101 Å². The van der Waals surface area contributed by atoms with Gasteiger partial charge in [-0.3, -0.25) is 23.9 Å². The highest BCUT2D eigenvalue weighted by Gasteiger charge is 2.28. The van der Waals surface area contributed by atoms with Crippen LogP contribution < -0.4 is 16.4 Å². The number of hydrogen-bond donors (Lipinski definition) is 4. The molecule has 0 saturated heterocycles. The van der Waals surface area contributed by atoms with Crippen LogP contribution in [0, 0.1) is 5.82 Å². The number of aromatic nitrogens is 3. The molecule has 0 aliphatic rings. The third-order valence-corrected chi connectivity index (χ3v) is 6.99. The van der Waals surface area contributed by atoms with Gasteiger partial charge in [-0.05, 0) is 62.2 Å². The van der Waals surface area contributed by atoms with Crippen molar-refractivity contribution >= 4 is 45.6 Å². The summed E-state index contributed by atoms with van der Waals surface area (Å²) < 4.78 is 20.1. The highest BCUT2D eigenvalue weighted by molar-refractivity contribution is 6.10. The Morgan fingerprint density at radius 1 is 0.978 bits per heavy atom. The summed E-state index contributed by atoms with van der Waals surface area (Å²) in [7, 11) is 0. The smallest absolute Gasteiger partial charge is 0.419 e. The summed E-state index contributed by atoms with van der Waals surface area (Å²) in [6, 6.07) is 14.2. The molecule has 0 fully saturated rings. The number of halogens is 1. The Hall–Kier alpha value is -5.85. The molecule has 0 aliphatic heterocycles. The normalized spacial score (nSPS) is 12.1. The molecule has 0 unspecified atom stereocenters. The van der Waals surface area contributed by atoms with Crippen molar-refractivity contribution in [2.75, 3.05) is 0 Å². The molecule has 13 heteroatoms. The number of benzene rings is 2. The Labute approximate surface area is 262 Å². The molecule has 0 radical (unpaired) electrons. The van der Waals surface area contributed by atoms with Crippen LogP contribution in [0.2, 0.25) is 0 Å². The predicted molar refractivity (Wildman–Crippen MR) is 166 cm³/mol. The monoisotopic (exact) mass is 626 g/mol. The van der Waals surface area contributed by atoms with Gasteiger partial charge in [0.05, 0.1) is 5.52 Å². The predicted octanol–water partition coefficient (Wildman–Crippen LogP) is 3.97. The van der Waals surface area contributed by atoms with E-state index in [-0.39, 0.29) is 29.6 Å². The minimum absolute atomic E-state index is 0.0112. The van der Waals surface area contributed by atoms with E-state index in [9.17, 15) is 28.7 Å². The summed E-state index contributed by atoms with van der Waals surface area (Å²) >= 11 is 0. The summed E-state index contributed by atoms with van der Waals surface area (Å²) in [5, 5.41) is 16.8. The lowest BCUT2D eigenvalue weighted by molar-refractivity contribution is -0.119. The highest BCUT2D eigenvalue weighted by atomic mass is 19.1. The topological polar surface area (TPSA) is 179 Å². The summed E-state index contributed by atoms with van der Waals surface area (Å²) in [5.41, 5.74) is 5.80. The van der Waals surface area contributed by atoms with Gasteiger partial charge in [-0.2, -0.15) is 0 Å². The van der Waals surface area contributed by atoms with Gasteiger partial charge in [-0.15, -0.1) is 0 Å². The first-order valence-electron chi connectivity index (χ1n) is 14.2. The highest BCUT2D eigenvalue weighted by Crippen LogP contribution is 2.29. The first-order valence-corrected chi connectivity index (χ1v) is 14.2. The van der Waals surface area contributed by atoms with Gasteiger partial charge in [0.25, 0.3) is 11.8 Å². The number of aromatic hydroxyl groups is 1. The second-order valence-electron chi connectivity index (χ2n) is 11.5. The van der Waals surface area contributed by atoms with Crippen LogP contribution in [0.15, 0.2) is 73.1 Å². The number of primary amides is 1. The molecule has 5 N–H and O–H groups in total. The first kappa shape index (κ1) is 31.6. The number of para-hydroxylation sites is 1. The Morgan fingerprint density at radius 3 is 2.37 bits per heavy atom. The van der Waals surface area contributed by atoms with E-state index in [4.69, 9.17) is 10.5 Å². The molecule has 1 atom stereocenters. The van der Waals surface area contributed by atoms with Gasteiger partial charge in [-0.25, -0.2) is 14.2 Å². The number of nitrogens with zero attached hydrogens (tertiary/aromatic N) is 3. The van der Waals surface area contributed by atoms with E-state index < -0.39 is 52.7 Å². The van der Waals surface area contributed by atoms with Crippen LogP contribution in [-0.2, 0) is 22.5 Å². The van der Waals surface area contributed by atoms with Crippen LogP contribution in [0.3, 0.4) is 0 Å². The van der Waals surface area contributed by atoms with Crippen LogP contribution in [0.4, 0.5) is 9.18 Å². The third kappa shape index (κ3) is 6.78. The molecule has 3 heterocycles. The number of ether oxygens (including phenoxy) is 1. The van der Waals surface area contributed by atoms with Gasteiger partial charge >= 0.3 is 6.09 Å². The lowest BCUT2D eigenvalue weighted by Crippen LogP contribution is -2.46. The van der Waals surface area contributed by atoms with E-state index in [2.05, 4.69) is 20.6 Å². The molecule has 3 amide bonds. The average molecular weight is 627 g/mol. The second-order valence-corrected chi connectivity index (χ2v) is 11.5. The molecular formula is C33H31FN6O6. The quantitative estimate of drug-likeness (QED) is 0.200. The maximum Gasteiger partial charge on any atom is 0.419 e. The number of rotatable bonds is 8. The molecule has 2 aromatic carbocycles. The van der Waals surface area contributed by atoms with E-state index in [1.54, 1.807) is 45.0 Å². The largest absolute Gasteiger partial charge is 0.504 e. The zero-order valence-corrected chi connectivity index (χ0v) is 25.2. The van der Waals surface area contributed by atoms with Crippen molar-refractivity contribution in [2.45, 2.75) is 45.4 Å². The molecule has 0 spiro atoms. The molecule has 46 heavy (non-hydrogen) atoms. The number of nitrogens with two attached hydrogens (primary N) is 1. The lowest BCUT2D eigenvalue weighted by atomic mass is 10.0. The molecule has 3 aromatic heterocycles. The van der Waals surface area contributed by atoms with Crippen molar-refractivity contribution in [1.29, 1.82) is 0 Å². The number of fused-ring (bicyclic) bond motifs is 2. The van der Waals surface area contributed by atoms with Gasteiger partial charge in [0.2, 0.25) is 5.91 Å². The van der Waals surface area contributed by atoms with E-state index in [1.807, 2.05) is 0 Å². The van der Waals surface area contributed by atoms with Crippen LogP contribution in [0.5, 0.6) is 5.75 Å². The van der Waals surface area contributed by atoms with Gasteiger partial charge in [0, 0.05) is 36.1 Å². The number of pyridine rings is 2. The van der Waals surface area contributed by atoms with E-state index in [0.29, 0.717) is 22.0 Å². The van der Waals surface area contributed by atoms with Gasteiger partial charge in [0.15, 0.2) is 11.4 Å². The lowest BCUT2D eigenvalue weighted by Gasteiger charge is -2.19. The first-order chi connectivity index (χ1) is 21.8. The van der Waals surface area contributed by atoms with Gasteiger partial charge < -0.3 is 26.2 Å². The molecular weight excluding hydrogens is 595 g/mol. The standard InChI is InChI=1S/C33H31FN6O6/c1-33(2,3)46-32(45)40-17-19(21-7-4-5-9-24(21)40)15-23(29(35)42)38-31(44)26-22-8-6-14-36-25(22)28(41)27(39-26)30(43)37-16-18-10-12-20(34)13-11-18/h4-14,17,23,41H,15-16H2,1-3H3,(H2,35,42)(H,37,43)(H,38,44)/t23-/m0/s1. The molecule has 0 aliphatic carbocycles. The van der Waals surface area contributed by atoms with Crippen molar-refractivity contribution in [1.82, 2.24) is 25.2 Å². The third-order valence-electron chi connectivity index (χ3n) is 6.99. The molecule has 12 nitrogen and oxygen atoms in total. The summed E-state index contributed by atoms with van der Waals surface area (Å²) in [4.78, 5) is 60.6. The van der Waals surface area contributed by atoms with Crippen LogP contribution in [0.25, 0.3) is 21.8 Å². The van der Waals surface area contributed by atoms with Crippen LogP contribution in [-0.4, -0.2) is 55.1 Å². The fraction of sp³-hybridized carbons (Fsp3) is 0.212. The summed E-state index contributed by atoms with van der Waals surface area (Å²) in [6.45, 7) is 5.22. The van der Waals surface area contributed by atoms with E-state index in [0.717, 1.165) is 0 Å². The second kappa shape index (κ2) is 12.6. The van der Waals surface area contributed by atoms with Gasteiger partial charge in [0.1, 0.15) is 28.7 Å². The number of nitrogens with one attached hydrogen (secondary N) is 2. The number of amides is 3. The molecule has 5 aromatic rings. The fourth-order valence-electron chi connectivity index (χ4n) is 4.87. The SMILES string of the molecule is CC(C)(C)OC(=O)n1cc(C[C@H](NC(=O)c2nc(C(=O)NCc3ccc(F)cc3)c(O)c3ncccc23)C(N)=O)c2ccccc21. The molecule has 0 saturated carbocycles. The minimum atomic E-state index is -1.26. The maximum atomic E-state index is 13.7. The molecule has 236 valence electrons. The average Bonchev–Trinajstić information content (AvgIpc) is 3.38. The molecule has 5 rings (SSSR count). The summed E-state index contributed by atoms with van der Waals surface area (Å²) in [5.74, 6) is -3.52. The number of hydrogen-bond acceptors (Lipinski definition) is 8. The molecule has 0 bridgehead atoms. The van der Waals surface area contributed by atoms with E-state index in [1.165, 1.54) is 53.4 Å². The van der Waals surface area contributed by atoms with Crippen molar-refractivity contribution < 1.29 is 33.4 Å². The van der Waals surface area contributed by atoms with Gasteiger partial charge in [-0.1, -0.05) is 30.3 Å². The number of carbonyl (C=O) groups is 4. The van der Waals surface area contributed by atoms with Crippen molar-refractivity contribution in [3.8, 4) is 5.75 Å². The van der Waals surface area contributed by atoms with E-state index >= 15 is 0 Å². The summed E-state index contributed by atoms with van der Waals surface area (Å²) in [6.07, 6.45) is 2.20. The van der Waals surface area contributed by atoms with Crippen LogP contribution >= 0.6 is 0 Å². The Kier molecular flexibility index (Phi) is 8.67. The fourth-order valence-corrected chi connectivity index (χ4v) is 4.87. The zero-order valence-electron chi connectivity index (χ0n) is 25.2. The Bertz CT molecular complexity index is 1980. The minimum Gasteiger partial charge on any atom is -0.504 e. The Morgan fingerprint density at radius 2 is 1.67 bits per heavy atom.